The van der Waals surface area contributed by atoms with Gasteiger partial charge in [0, 0.05) is 9.35 Å². The lowest BCUT2D eigenvalue weighted by Crippen LogP contribution is -1.65. The van der Waals surface area contributed by atoms with E-state index in [1.165, 1.54) is 4.88 Å². The SMILES string of the molecule is Brc1ccoc1/C=C/c1sccc1Br. The molecule has 0 N–H and O–H groups in total. The number of rotatable bonds is 2. The van der Waals surface area contributed by atoms with Gasteiger partial charge in [-0.2, -0.15) is 0 Å². The standard InChI is InChI=1S/C10H6Br2OS/c11-7-3-5-13-9(7)1-2-10-8(12)4-6-14-10/h1-6H/b2-1+. The van der Waals surface area contributed by atoms with Crippen LogP contribution in [0.4, 0.5) is 0 Å². The van der Waals surface area contributed by atoms with Gasteiger partial charge in [0.05, 0.1) is 10.7 Å². The van der Waals surface area contributed by atoms with E-state index in [4.69, 9.17) is 4.42 Å². The van der Waals surface area contributed by atoms with E-state index in [1.54, 1.807) is 17.6 Å². The molecule has 0 amide bonds. The summed E-state index contributed by atoms with van der Waals surface area (Å²) in [4.78, 5) is 1.19. The highest BCUT2D eigenvalue weighted by molar-refractivity contribution is 9.10. The first-order chi connectivity index (χ1) is 6.77. The van der Waals surface area contributed by atoms with E-state index in [0.717, 1.165) is 14.7 Å². The molecular formula is C10H6Br2OS. The minimum absolute atomic E-state index is 0.838. The zero-order valence-electron chi connectivity index (χ0n) is 7.04. The van der Waals surface area contributed by atoms with Crippen LogP contribution in [0, 0.1) is 0 Å². The van der Waals surface area contributed by atoms with Gasteiger partial charge in [-0.1, -0.05) is 0 Å². The summed E-state index contributed by atoms with van der Waals surface area (Å²) in [5, 5.41) is 2.04. The molecule has 0 aliphatic heterocycles. The fourth-order valence-electron chi connectivity index (χ4n) is 1.00. The highest BCUT2D eigenvalue weighted by Gasteiger charge is 2.00. The van der Waals surface area contributed by atoms with Crippen molar-refractivity contribution in [3.05, 3.63) is 43.4 Å². The van der Waals surface area contributed by atoms with E-state index >= 15 is 0 Å². The molecule has 0 atom stereocenters. The van der Waals surface area contributed by atoms with E-state index in [-0.39, 0.29) is 0 Å². The third-order valence-electron chi connectivity index (χ3n) is 1.68. The van der Waals surface area contributed by atoms with Crippen molar-refractivity contribution in [1.29, 1.82) is 0 Å². The Labute approximate surface area is 103 Å². The third-order valence-corrected chi connectivity index (χ3v) is 4.17. The summed E-state index contributed by atoms with van der Waals surface area (Å²) < 4.78 is 7.34. The Morgan fingerprint density at radius 1 is 1.14 bits per heavy atom. The molecule has 1 nitrogen and oxygen atoms in total. The molecule has 2 rings (SSSR count). The van der Waals surface area contributed by atoms with E-state index in [1.807, 2.05) is 29.7 Å². The molecule has 2 aromatic heterocycles. The largest absolute Gasteiger partial charge is 0.464 e. The molecular weight excluding hydrogens is 328 g/mol. The van der Waals surface area contributed by atoms with Crippen molar-refractivity contribution < 1.29 is 4.42 Å². The van der Waals surface area contributed by atoms with Crippen LogP contribution in [-0.4, -0.2) is 0 Å². The van der Waals surface area contributed by atoms with Gasteiger partial charge >= 0.3 is 0 Å². The molecule has 0 saturated heterocycles. The van der Waals surface area contributed by atoms with Crippen molar-refractivity contribution in [2.45, 2.75) is 0 Å². The maximum Gasteiger partial charge on any atom is 0.140 e. The first-order valence-corrected chi connectivity index (χ1v) is 6.38. The molecule has 0 aromatic carbocycles. The first kappa shape index (κ1) is 10.2. The predicted octanol–water partition coefficient (Wildman–Crippen LogP) is 5.04. The molecule has 0 saturated carbocycles. The van der Waals surface area contributed by atoms with Crippen molar-refractivity contribution in [2.75, 3.05) is 0 Å². The summed E-state index contributed by atoms with van der Waals surface area (Å²) in [7, 11) is 0. The second-order valence-corrected chi connectivity index (χ2v) is 5.26. The highest BCUT2D eigenvalue weighted by Crippen LogP contribution is 2.26. The van der Waals surface area contributed by atoms with Crippen LogP contribution < -0.4 is 0 Å². The minimum atomic E-state index is 0.838. The average molecular weight is 334 g/mol. The summed E-state index contributed by atoms with van der Waals surface area (Å²) >= 11 is 8.55. The lowest BCUT2D eigenvalue weighted by Gasteiger charge is -1.88. The van der Waals surface area contributed by atoms with Crippen LogP contribution in [0.15, 0.2) is 37.1 Å². The van der Waals surface area contributed by atoms with Crippen LogP contribution >= 0.6 is 43.2 Å². The number of hydrogen-bond donors (Lipinski definition) is 0. The zero-order chi connectivity index (χ0) is 9.97. The van der Waals surface area contributed by atoms with Crippen LogP contribution in [0.25, 0.3) is 12.2 Å². The molecule has 4 heteroatoms. The van der Waals surface area contributed by atoms with E-state index in [2.05, 4.69) is 31.9 Å². The maximum atomic E-state index is 5.26. The molecule has 0 spiro atoms. The smallest absolute Gasteiger partial charge is 0.140 e. The van der Waals surface area contributed by atoms with Gasteiger partial charge in [-0.3, -0.25) is 0 Å². The molecule has 0 fully saturated rings. The molecule has 72 valence electrons. The van der Waals surface area contributed by atoms with E-state index < -0.39 is 0 Å². The molecule has 0 bridgehead atoms. The van der Waals surface area contributed by atoms with Crippen LogP contribution in [-0.2, 0) is 0 Å². The van der Waals surface area contributed by atoms with Gasteiger partial charge in [0.15, 0.2) is 0 Å². The van der Waals surface area contributed by atoms with Gasteiger partial charge in [0.25, 0.3) is 0 Å². The molecule has 2 aromatic rings. The Hall–Kier alpha value is -0.320. The summed E-state index contributed by atoms with van der Waals surface area (Å²) in [5.74, 6) is 0.838. The molecule has 14 heavy (non-hydrogen) atoms. The Balaban J connectivity index is 2.23. The number of thiophene rings is 1. The Morgan fingerprint density at radius 3 is 2.57 bits per heavy atom. The first-order valence-electron chi connectivity index (χ1n) is 3.91. The quantitative estimate of drug-likeness (QED) is 0.750. The molecule has 0 aliphatic carbocycles. The normalized spacial score (nSPS) is 11.3. The van der Waals surface area contributed by atoms with Gasteiger partial charge < -0.3 is 4.42 Å². The molecule has 0 radical (unpaired) electrons. The summed E-state index contributed by atoms with van der Waals surface area (Å²) in [5.41, 5.74) is 0. The fraction of sp³-hybridized carbons (Fsp3) is 0. The number of halogens is 2. The van der Waals surface area contributed by atoms with Crippen molar-refractivity contribution in [3.63, 3.8) is 0 Å². The van der Waals surface area contributed by atoms with Crippen molar-refractivity contribution >= 4 is 55.3 Å². The maximum absolute atomic E-state index is 5.26. The van der Waals surface area contributed by atoms with Crippen LogP contribution in [0.1, 0.15) is 10.6 Å². The number of hydrogen-bond acceptors (Lipinski definition) is 2. The third kappa shape index (κ3) is 2.19. The van der Waals surface area contributed by atoms with Gasteiger partial charge in [-0.25, -0.2) is 0 Å². The Bertz CT molecular complexity index is 414. The van der Waals surface area contributed by atoms with E-state index in [9.17, 15) is 0 Å². The topological polar surface area (TPSA) is 13.1 Å². The monoisotopic (exact) mass is 332 g/mol. The summed E-state index contributed by atoms with van der Waals surface area (Å²) in [6.45, 7) is 0. The molecule has 2 heterocycles. The average Bonchev–Trinajstić information content (AvgIpc) is 2.72. The second-order valence-electron chi connectivity index (χ2n) is 2.60. The predicted molar refractivity (Wildman–Crippen MR) is 67.4 cm³/mol. The lowest BCUT2D eigenvalue weighted by atomic mass is 10.3. The van der Waals surface area contributed by atoms with Crippen LogP contribution in [0.5, 0.6) is 0 Å². The summed E-state index contributed by atoms with van der Waals surface area (Å²) in [6, 6.07) is 3.91. The van der Waals surface area contributed by atoms with Crippen molar-refractivity contribution in [2.24, 2.45) is 0 Å². The van der Waals surface area contributed by atoms with Gasteiger partial charge in [0.1, 0.15) is 5.76 Å². The van der Waals surface area contributed by atoms with Crippen molar-refractivity contribution in [3.8, 4) is 0 Å². The Morgan fingerprint density at radius 2 is 2.00 bits per heavy atom. The van der Waals surface area contributed by atoms with Crippen LogP contribution in [0.3, 0.4) is 0 Å². The van der Waals surface area contributed by atoms with Gasteiger partial charge in [-0.05, 0) is 61.5 Å². The molecule has 0 aliphatic rings. The highest BCUT2D eigenvalue weighted by atomic mass is 79.9. The second kappa shape index (κ2) is 4.47. The Kier molecular flexibility index (Phi) is 3.26. The van der Waals surface area contributed by atoms with Crippen molar-refractivity contribution in [1.82, 2.24) is 0 Å². The lowest BCUT2D eigenvalue weighted by molar-refractivity contribution is 0.556. The van der Waals surface area contributed by atoms with E-state index in [0.29, 0.717) is 0 Å². The zero-order valence-corrected chi connectivity index (χ0v) is 11.0. The fourth-order valence-corrected chi connectivity index (χ4v) is 2.73. The summed E-state index contributed by atoms with van der Waals surface area (Å²) in [6.07, 6.45) is 5.63. The minimum Gasteiger partial charge on any atom is -0.464 e. The van der Waals surface area contributed by atoms with Gasteiger partial charge in [-0.15, -0.1) is 11.3 Å². The number of furan rings is 1. The van der Waals surface area contributed by atoms with Crippen LogP contribution in [0.2, 0.25) is 0 Å². The van der Waals surface area contributed by atoms with Gasteiger partial charge in [0.2, 0.25) is 0 Å². The molecule has 0 unspecified atom stereocenters.